The number of fused-ring (bicyclic) bond motifs is 8. The molecule has 0 atom stereocenters. The SMILES string of the molecule is CB1C(C)=c2ccccc2=CN1c1cc(CC2CCCCC2)c2ccccc2[n+]1C.[2H]C([2H])([2H])C1=c2ccccc2=CN(c2cc(C)c3c(C)cccc3[n+]2C)B1C.[2H]C([2H])([2H])C1=c2ccccc2=CN(c2ccc3c(C)cccc3[n+]2C)B1C.[2H]C([2H])([2H])C1=c2ccccc2=CN(c2ccc3ccccc3[n+]2C)B1C. The molecule has 17 rings (SSSR count). The number of hydrogen-bond donors (Lipinski definition) is 0. The molecule has 8 heterocycles. The third-order valence-corrected chi connectivity index (χ3v) is 22.5. The molecule has 5 aliphatic rings. The van der Waals surface area contributed by atoms with Gasteiger partial charge in [-0.1, -0.05) is 190 Å². The Morgan fingerprint density at radius 2 is 0.745 bits per heavy atom. The number of hydrogen-bond acceptors (Lipinski definition) is 4. The summed E-state index contributed by atoms with van der Waals surface area (Å²) in [6.07, 6.45) is 16.7. The van der Waals surface area contributed by atoms with Crippen LogP contribution in [0.15, 0.2) is 218 Å². The van der Waals surface area contributed by atoms with Gasteiger partial charge in [-0.05, 0) is 189 Å². The van der Waals surface area contributed by atoms with Crippen LogP contribution in [0.4, 0.5) is 23.3 Å². The Bertz CT molecular complexity index is 6220. The van der Waals surface area contributed by atoms with Gasteiger partial charge in [0.1, 0.15) is 22.1 Å². The molecule has 1 fully saturated rings. The summed E-state index contributed by atoms with van der Waals surface area (Å²) in [7, 11) is 8.33. The number of anilines is 4. The number of aryl methyl sites for hydroxylation is 7. The lowest BCUT2D eigenvalue weighted by Crippen LogP contribution is -2.50. The molecule has 0 unspecified atom stereocenters. The Kier molecular flexibility index (Phi) is 16.6. The summed E-state index contributed by atoms with van der Waals surface area (Å²) in [5, 5.41) is 13.0. The molecule has 1 aliphatic carbocycles. The lowest BCUT2D eigenvalue weighted by molar-refractivity contribution is -0.631. The van der Waals surface area contributed by atoms with Crippen molar-refractivity contribution in [3.05, 3.63) is 282 Å². The fourth-order valence-electron chi connectivity index (χ4n) is 16.4. The normalized spacial score (nSPS) is 16.6. The summed E-state index contributed by atoms with van der Waals surface area (Å²) < 4.78 is 81.8. The van der Waals surface area contributed by atoms with E-state index < -0.39 is 20.6 Å². The summed E-state index contributed by atoms with van der Waals surface area (Å²) in [5.74, 6) is 5.05. The van der Waals surface area contributed by atoms with Crippen LogP contribution < -0.4 is 79.3 Å². The standard InChI is InChI=1S/C27H32BN2.C22H24BN2.C21H22BN2.C20H20BN2/c1-20-24-14-8-7-13-22(24)19-30(28(20)2)27-18-23(17-21-11-5-4-6-12-21)25-15-9-10-16-26(25)29(27)3;1-15-9-8-12-20-22(15)16(2)13-21(24(20)5)25-14-18-10-6-7-11-19(18)17(3)23(25)4;1-15-8-7-11-20-18(15)12-13-21(23(20)4)24-14-17-9-5-6-10-19(17)16(2)22(24)3;1-15-18-10-6-4-9-17(18)14-23(21(15)2)20-13-12-16-8-5-7-11-19(16)22(20)3/h7-10,13-16,18-19,21H,4-6,11-12,17H2,1-3H3;6-14H,1-5H3;5-14H,1-4H3;4-14H,1-3H3/q4*+1/i;3D3;2D3;1D3. The lowest BCUT2D eigenvalue weighted by atomic mass is 9.55. The predicted molar refractivity (Wildman–Crippen MR) is 438 cm³/mol. The minimum absolute atomic E-state index is 0.259. The van der Waals surface area contributed by atoms with Gasteiger partial charge in [0.15, 0.2) is 0 Å². The third-order valence-electron chi connectivity index (χ3n) is 22.5. The number of benzene rings is 8. The lowest BCUT2D eigenvalue weighted by Gasteiger charge is -2.26. The number of para-hydroxylation sites is 2. The van der Waals surface area contributed by atoms with Crippen molar-refractivity contribution in [2.45, 2.75) is 114 Å². The summed E-state index contributed by atoms with van der Waals surface area (Å²) in [6.45, 7) is 9.99. The maximum absolute atomic E-state index is 8.14. The summed E-state index contributed by atoms with van der Waals surface area (Å²) >= 11 is 0. The van der Waals surface area contributed by atoms with E-state index in [2.05, 4.69) is 237 Å². The van der Waals surface area contributed by atoms with Crippen molar-refractivity contribution >= 4 is 141 Å². The highest BCUT2D eigenvalue weighted by Crippen LogP contribution is 2.33. The molecule has 0 N–H and O–H groups in total. The first-order valence-electron chi connectivity index (χ1n) is 40.9. The Balaban J connectivity index is 0.000000123. The van der Waals surface area contributed by atoms with Gasteiger partial charge >= 0.3 is 27.4 Å². The summed E-state index contributed by atoms with van der Waals surface area (Å²) in [5.41, 5.74) is 12.8. The van der Waals surface area contributed by atoms with Gasteiger partial charge < -0.3 is 0 Å². The van der Waals surface area contributed by atoms with Crippen LogP contribution in [-0.4, -0.2) is 27.4 Å². The Morgan fingerprint density at radius 1 is 0.353 bits per heavy atom. The average Bonchev–Trinajstić information content (AvgIpc) is 0.745. The van der Waals surface area contributed by atoms with Crippen LogP contribution in [0.5, 0.6) is 0 Å². The van der Waals surface area contributed by atoms with E-state index in [-0.39, 0.29) is 20.5 Å². The van der Waals surface area contributed by atoms with Crippen LogP contribution in [0.1, 0.15) is 94.2 Å². The van der Waals surface area contributed by atoms with Gasteiger partial charge in [0.2, 0.25) is 0 Å². The van der Waals surface area contributed by atoms with E-state index in [1.165, 1.54) is 104 Å². The first kappa shape index (κ1) is 58.5. The Morgan fingerprint density at radius 3 is 1.29 bits per heavy atom. The first-order chi connectivity index (χ1) is 53.0. The second kappa shape index (κ2) is 29.0. The van der Waals surface area contributed by atoms with Crippen LogP contribution in [0, 0.1) is 26.7 Å². The van der Waals surface area contributed by atoms with Crippen molar-refractivity contribution in [2.75, 3.05) is 19.2 Å². The zero-order valence-electron chi connectivity index (χ0n) is 70.3. The first-order valence-corrected chi connectivity index (χ1v) is 36.4. The minimum Gasteiger partial charge on any atom is -0.293 e. The van der Waals surface area contributed by atoms with Crippen molar-refractivity contribution < 1.29 is 30.6 Å². The van der Waals surface area contributed by atoms with Crippen molar-refractivity contribution in [1.29, 1.82) is 0 Å². The monoisotopic (exact) mass is 1340 g/mol. The van der Waals surface area contributed by atoms with Crippen molar-refractivity contribution in [3.63, 3.8) is 0 Å². The fourth-order valence-corrected chi connectivity index (χ4v) is 16.4. The molecule has 0 saturated heterocycles. The summed E-state index contributed by atoms with van der Waals surface area (Å²) in [4.78, 5) is 8.72. The maximum Gasteiger partial charge on any atom is 0.405 e. The zero-order valence-corrected chi connectivity index (χ0v) is 61.3. The molecule has 12 heteroatoms. The molecule has 4 aliphatic heterocycles. The molecule has 0 spiro atoms. The minimum atomic E-state index is -2.15. The molecule has 506 valence electrons. The van der Waals surface area contributed by atoms with Crippen molar-refractivity contribution in [3.8, 4) is 0 Å². The van der Waals surface area contributed by atoms with E-state index in [1.54, 1.807) is 0 Å². The molecular formula is C90H98B4N8+4. The number of rotatable bonds is 6. The van der Waals surface area contributed by atoms with Gasteiger partial charge in [0.05, 0.1) is 53.0 Å². The average molecular weight is 1340 g/mol. The van der Waals surface area contributed by atoms with Crippen molar-refractivity contribution in [1.82, 2.24) is 0 Å². The largest absolute Gasteiger partial charge is 0.405 e. The second-order valence-corrected chi connectivity index (χ2v) is 28.7. The maximum atomic E-state index is 8.14. The van der Waals surface area contributed by atoms with E-state index in [1.807, 2.05) is 127 Å². The molecule has 8 aromatic carbocycles. The molecule has 4 aromatic heterocycles. The van der Waals surface area contributed by atoms with Crippen LogP contribution in [0.3, 0.4) is 0 Å². The summed E-state index contributed by atoms with van der Waals surface area (Å²) in [6, 6.07) is 74.7. The molecular weight excluding hydrogens is 1240 g/mol. The van der Waals surface area contributed by atoms with Crippen LogP contribution in [0.2, 0.25) is 27.3 Å². The van der Waals surface area contributed by atoms with E-state index in [0.717, 1.165) is 76.6 Å². The van der Waals surface area contributed by atoms with E-state index >= 15 is 0 Å². The molecule has 102 heavy (non-hydrogen) atoms. The molecule has 0 amide bonds. The molecule has 1 saturated carbocycles. The van der Waals surface area contributed by atoms with Crippen molar-refractivity contribution in [2.24, 2.45) is 34.1 Å². The molecule has 12 aromatic rings. The highest BCUT2D eigenvalue weighted by Gasteiger charge is 2.37. The quantitative estimate of drug-likeness (QED) is 0.123. The van der Waals surface area contributed by atoms with E-state index in [0.29, 0.717) is 23.3 Å². The van der Waals surface area contributed by atoms with Gasteiger partial charge in [-0.25, -0.2) is 18.3 Å². The van der Waals surface area contributed by atoms with Crippen LogP contribution in [-0.2, 0) is 34.6 Å². The van der Waals surface area contributed by atoms with Gasteiger partial charge in [0, 0.05) is 79.0 Å². The van der Waals surface area contributed by atoms with E-state index in [4.69, 9.17) is 12.3 Å². The smallest absolute Gasteiger partial charge is 0.293 e. The predicted octanol–water partition coefficient (Wildman–Crippen LogP) is 12.1. The number of nitrogens with zero attached hydrogens (tertiary/aromatic N) is 8. The fraction of sp³-hybridized carbons (Fsp3) is 0.244. The highest BCUT2D eigenvalue weighted by atomic mass is 15.2. The van der Waals surface area contributed by atoms with Gasteiger partial charge in [-0.3, -0.25) is 19.2 Å². The Labute approximate surface area is 618 Å². The topological polar surface area (TPSA) is 28.5 Å². The third kappa shape index (κ3) is 13.0. The van der Waals surface area contributed by atoms with Gasteiger partial charge in [0.25, 0.3) is 23.3 Å². The number of aromatic nitrogens is 4. The highest BCUT2D eigenvalue weighted by molar-refractivity contribution is 6.82. The van der Waals surface area contributed by atoms with Crippen LogP contribution in [0.25, 0.3) is 90.3 Å². The molecule has 0 bridgehead atoms. The number of pyridine rings is 4. The molecule has 8 nitrogen and oxygen atoms in total. The van der Waals surface area contributed by atoms with Crippen LogP contribution >= 0.6 is 0 Å². The zero-order chi connectivity index (χ0) is 78.7. The Hall–Kier alpha value is -10.2. The van der Waals surface area contributed by atoms with Gasteiger partial charge in [-0.15, -0.1) is 0 Å². The van der Waals surface area contributed by atoms with E-state index in [9.17, 15) is 0 Å². The van der Waals surface area contributed by atoms with Gasteiger partial charge in [-0.2, -0.15) is 0 Å². The molecule has 0 radical (unpaired) electrons. The second-order valence-electron chi connectivity index (χ2n) is 28.7.